The van der Waals surface area contributed by atoms with Crippen molar-refractivity contribution in [3.05, 3.63) is 39.9 Å². The lowest BCUT2D eigenvalue weighted by molar-refractivity contribution is -0.384. The van der Waals surface area contributed by atoms with Crippen molar-refractivity contribution in [2.45, 2.75) is 39.8 Å². The monoisotopic (exact) mass is 315 g/mol. The summed E-state index contributed by atoms with van der Waals surface area (Å²) in [5.41, 5.74) is 6.22. The molecule has 0 radical (unpaired) electrons. The first-order valence-electron chi connectivity index (χ1n) is 6.43. The summed E-state index contributed by atoms with van der Waals surface area (Å²) in [6, 6.07) is 5.23. The number of nitro benzene ring substituents is 1. The summed E-state index contributed by atoms with van der Waals surface area (Å²) in [5.74, 6) is -0.267. The molecule has 0 bridgehead atoms. The number of nitrogens with one attached hydrogen (secondary N) is 1. The Morgan fingerprint density at radius 3 is 2.43 bits per heavy atom. The lowest BCUT2D eigenvalue weighted by atomic mass is 9.86. The number of benzene rings is 1. The van der Waals surface area contributed by atoms with Crippen molar-refractivity contribution >= 4 is 24.0 Å². The molecule has 1 amide bonds. The Hall–Kier alpha value is -1.66. The number of carbonyl (C=O) groups excluding carboxylic acids is 1. The van der Waals surface area contributed by atoms with Gasteiger partial charge in [0.15, 0.2) is 0 Å². The summed E-state index contributed by atoms with van der Waals surface area (Å²) >= 11 is 0. The first-order valence-corrected chi connectivity index (χ1v) is 6.43. The van der Waals surface area contributed by atoms with E-state index >= 15 is 0 Å². The number of hydrogen-bond donors (Lipinski definition) is 2. The maximum atomic E-state index is 12.0. The van der Waals surface area contributed by atoms with Gasteiger partial charge in [-0.1, -0.05) is 32.9 Å². The lowest BCUT2D eigenvalue weighted by Crippen LogP contribution is -2.49. The van der Waals surface area contributed by atoms with Crippen molar-refractivity contribution in [1.82, 2.24) is 5.32 Å². The van der Waals surface area contributed by atoms with Gasteiger partial charge >= 0.3 is 0 Å². The van der Waals surface area contributed by atoms with Crippen molar-refractivity contribution in [3.8, 4) is 0 Å². The number of nitrogens with two attached hydrogens (primary N) is 1. The SMILES string of the molecule is CC(NC(=O)[C@@H](N)C(C)(C)C)c1cccc([N+](=O)[O-])c1.Cl. The van der Waals surface area contributed by atoms with E-state index in [1.165, 1.54) is 12.1 Å². The van der Waals surface area contributed by atoms with Crippen LogP contribution in [-0.4, -0.2) is 16.9 Å². The molecule has 0 fully saturated rings. The normalized spacial score (nSPS) is 13.8. The molecule has 0 aliphatic carbocycles. The van der Waals surface area contributed by atoms with Crippen LogP contribution in [0, 0.1) is 15.5 Å². The van der Waals surface area contributed by atoms with Crippen LogP contribution in [0.2, 0.25) is 0 Å². The number of nitrogens with zero attached hydrogens (tertiary/aromatic N) is 1. The van der Waals surface area contributed by atoms with Gasteiger partial charge in [0.05, 0.1) is 17.0 Å². The highest BCUT2D eigenvalue weighted by atomic mass is 35.5. The van der Waals surface area contributed by atoms with Crippen molar-refractivity contribution in [3.63, 3.8) is 0 Å². The van der Waals surface area contributed by atoms with Gasteiger partial charge in [-0.25, -0.2) is 0 Å². The minimum absolute atomic E-state index is 0. The van der Waals surface area contributed by atoms with Gasteiger partial charge < -0.3 is 11.1 Å². The molecule has 118 valence electrons. The second kappa shape index (κ2) is 7.38. The van der Waals surface area contributed by atoms with Crippen LogP contribution in [0.1, 0.15) is 39.3 Å². The molecule has 0 saturated heterocycles. The molecule has 1 aromatic carbocycles. The molecule has 0 aliphatic heterocycles. The molecule has 3 N–H and O–H groups in total. The van der Waals surface area contributed by atoms with Gasteiger partial charge in [0.25, 0.3) is 5.69 Å². The quantitative estimate of drug-likeness (QED) is 0.659. The van der Waals surface area contributed by atoms with E-state index in [9.17, 15) is 14.9 Å². The van der Waals surface area contributed by atoms with E-state index < -0.39 is 11.0 Å². The van der Waals surface area contributed by atoms with Crippen LogP contribution < -0.4 is 11.1 Å². The molecule has 1 unspecified atom stereocenters. The highest BCUT2D eigenvalue weighted by Crippen LogP contribution is 2.21. The number of carbonyl (C=O) groups is 1. The van der Waals surface area contributed by atoms with Crippen LogP contribution in [0.25, 0.3) is 0 Å². The van der Waals surface area contributed by atoms with E-state index in [1.54, 1.807) is 19.1 Å². The van der Waals surface area contributed by atoms with E-state index in [0.29, 0.717) is 5.56 Å². The average Bonchev–Trinajstić information content (AvgIpc) is 2.36. The third kappa shape index (κ3) is 5.32. The fourth-order valence-electron chi connectivity index (χ4n) is 1.69. The third-order valence-corrected chi connectivity index (χ3v) is 3.16. The number of non-ortho nitro benzene ring substituents is 1. The zero-order valence-electron chi connectivity index (χ0n) is 12.6. The van der Waals surface area contributed by atoms with Gasteiger partial charge in [-0.3, -0.25) is 14.9 Å². The zero-order valence-corrected chi connectivity index (χ0v) is 13.4. The molecular formula is C14H22ClN3O3. The zero-order chi connectivity index (χ0) is 15.5. The molecule has 0 heterocycles. The Labute approximate surface area is 130 Å². The van der Waals surface area contributed by atoms with Gasteiger partial charge in [0.2, 0.25) is 5.91 Å². The Bertz CT molecular complexity index is 514. The Morgan fingerprint density at radius 2 is 1.95 bits per heavy atom. The predicted octanol–water partition coefficient (Wildman–Crippen LogP) is 2.57. The molecule has 21 heavy (non-hydrogen) atoms. The molecule has 0 aromatic heterocycles. The summed E-state index contributed by atoms with van der Waals surface area (Å²) in [6.07, 6.45) is 0. The van der Waals surface area contributed by atoms with Gasteiger partial charge in [0, 0.05) is 12.1 Å². The summed E-state index contributed by atoms with van der Waals surface area (Å²) in [7, 11) is 0. The third-order valence-electron chi connectivity index (χ3n) is 3.16. The fraction of sp³-hybridized carbons (Fsp3) is 0.500. The Balaban J connectivity index is 0.00000400. The summed E-state index contributed by atoms with van der Waals surface area (Å²) in [5, 5.41) is 13.5. The minimum Gasteiger partial charge on any atom is -0.348 e. The molecule has 6 nitrogen and oxygen atoms in total. The number of rotatable bonds is 4. The van der Waals surface area contributed by atoms with Gasteiger partial charge in [-0.15, -0.1) is 12.4 Å². The summed E-state index contributed by atoms with van der Waals surface area (Å²) in [6.45, 7) is 7.42. The second-order valence-corrected chi connectivity index (χ2v) is 5.93. The lowest BCUT2D eigenvalue weighted by Gasteiger charge is -2.27. The molecule has 0 spiro atoms. The van der Waals surface area contributed by atoms with E-state index in [1.807, 2.05) is 20.8 Å². The van der Waals surface area contributed by atoms with Crippen molar-refractivity contribution < 1.29 is 9.72 Å². The Kier molecular flexibility index (Phi) is 6.79. The molecule has 2 atom stereocenters. The van der Waals surface area contributed by atoms with Gasteiger partial charge in [-0.2, -0.15) is 0 Å². The molecule has 0 saturated carbocycles. The largest absolute Gasteiger partial charge is 0.348 e. The van der Waals surface area contributed by atoms with Crippen LogP contribution in [0.3, 0.4) is 0 Å². The molecular weight excluding hydrogens is 294 g/mol. The van der Waals surface area contributed by atoms with Crippen LogP contribution in [0.5, 0.6) is 0 Å². The van der Waals surface area contributed by atoms with E-state index in [4.69, 9.17) is 5.73 Å². The maximum Gasteiger partial charge on any atom is 0.269 e. The van der Waals surface area contributed by atoms with Crippen LogP contribution in [-0.2, 0) is 4.79 Å². The van der Waals surface area contributed by atoms with E-state index in [2.05, 4.69) is 5.32 Å². The minimum atomic E-state index is -0.636. The highest BCUT2D eigenvalue weighted by molar-refractivity contribution is 5.85. The van der Waals surface area contributed by atoms with Gasteiger partial charge in [-0.05, 0) is 17.9 Å². The Morgan fingerprint density at radius 1 is 1.38 bits per heavy atom. The first kappa shape index (κ1) is 19.3. The smallest absolute Gasteiger partial charge is 0.269 e. The fourth-order valence-corrected chi connectivity index (χ4v) is 1.69. The number of halogens is 1. The topological polar surface area (TPSA) is 98.3 Å². The number of hydrogen-bond acceptors (Lipinski definition) is 4. The summed E-state index contributed by atoms with van der Waals surface area (Å²) < 4.78 is 0. The molecule has 0 aliphatic rings. The predicted molar refractivity (Wildman–Crippen MR) is 84.3 cm³/mol. The number of amides is 1. The maximum absolute atomic E-state index is 12.0. The summed E-state index contributed by atoms with van der Waals surface area (Å²) in [4.78, 5) is 22.3. The van der Waals surface area contributed by atoms with Crippen LogP contribution in [0.15, 0.2) is 24.3 Å². The van der Waals surface area contributed by atoms with Crippen LogP contribution >= 0.6 is 12.4 Å². The van der Waals surface area contributed by atoms with Gasteiger partial charge in [0.1, 0.15) is 0 Å². The van der Waals surface area contributed by atoms with Crippen molar-refractivity contribution in [2.24, 2.45) is 11.1 Å². The van der Waals surface area contributed by atoms with E-state index in [-0.39, 0.29) is 35.5 Å². The first-order chi connectivity index (χ1) is 9.12. The highest BCUT2D eigenvalue weighted by Gasteiger charge is 2.28. The second-order valence-electron chi connectivity index (χ2n) is 5.93. The molecule has 1 rings (SSSR count). The van der Waals surface area contributed by atoms with E-state index in [0.717, 1.165) is 0 Å². The average molecular weight is 316 g/mol. The standard InChI is InChI=1S/C14H21N3O3.ClH/c1-9(16-13(18)12(15)14(2,3)4)10-6-5-7-11(8-10)17(19)20;/h5-9,12H,15H2,1-4H3,(H,16,18);1H/t9?,12-;/m1./s1. The molecule has 7 heteroatoms. The number of nitro groups is 1. The van der Waals surface area contributed by atoms with Crippen molar-refractivity contribution in [1.29, 1.82) is 0 Å². The van der Waals surface area contributed by atoms with Crippen molar-refractivity contribution in [2.75, 3.05) is 0 Å². The molecule has 1 aromatic rings. The van der Waals surface area contributed by atoms with Crippen LogP contribution in [0.4, 0.5) is 5.69 Å².